The van der Waals surface area contributed by atoms with Crippen molar-refractivity contribution in [1.82, 2.24) is 10.3 Å². The van der Waals surface area contributed by atoms with Crippen molar-refractivity contribution in [1.29, 1.82) is 5.41 Å². The van der Waals surface area contributed by atoms with Gasteiger partial charge in [0.15, 0.2) is 0 Å². The van der Waals surface area contributed by atoms with Gasteiger partial charge in [0, 0.05) is 17.5 Å². The molecule has 6 heteroatoms. The molecule has 4 N–H and O–H groups in total. The predicted molar refractivity (Wildman–Crippen MR) is 75.4 cm³/mol. The molecule has 1 fully saturated rings. The van der Waals surface area contributed by atoms with E-state index in [4.69, 9.17) is 11.3 Å². The second kappa shape index (κ2) is 4.71. The lowest BCUT2D eigenvalue weighted by Crippen LogP contribution is -2.32. The van der Waals surface area contributed by atoms with Gasteiger partial charge in [0.05, 0.1) is 10.7 Å². The molecule has 2 aliphatic rings. The van der Waals surface area contributed by atoms with E-state index in [9.17, 15) is 4.39 Å². The summed E-state index contributed by atoms with van der Waals surface area (Å²) in [5.41, 5.74) is 2.79. The fraction of sp³-hybridized carbons (Fsp3) is 0.154. The molecular formula is C13H13FN4S. The van der Waals surface area contributed by atoms with Gasteiger partial charge in [-0.05, 0) is 36.2 Å². The van der Waals surface area contributed by atoms with Crippen LogP contribution in [0.25, 0.3) is 5.70 Å². The molecule has 19 heavy (non-hydrogen) atoms. The van der Waals surface area contributed by atoms with Gasteiger partial charge in [-0.25, -0.2) is 10.2 Å². The number of nitrogens with two attached hydrogens (primary N) is 1. The van der Waals surface area contributed by atoms with E-state index >= 15 is 0 Å². The summed E-state index contributed by atoms with van der Waals surface area (Å²) in [5, 5.41) is 15.5. The Morgan fingerprint density at radius 1 is 1.32 bits per heavy atom. The average Bonchev–Trinajstić information content (AvgIpc) is 2.99. The average molecular weight is 276 g/mol. The molecule has 4 nitrogen and oxygen atoms in total. The Labute approximate surface area is 114 Å². The lowest BCUT2D eigenvalue weighted by molar-refractivity contribution is 0.477. The predicted octanol–water partition coefficient (Wildman–Crippen LogP) is 2.23. The molecule has 2 aliphatic heterocycles. The van der Waals surface area contributed by atoms with Crippen molar-refractivity contribution >= 4 is 23.3 Å². The minimum atomic E-state index is -0.245. The van der Waals surface area contributed by atoms with E-state index < -0.39 is 0 Å². The summed E-state index contributed by atoms with van der Waals surface area (Å²) in [6, 6.07) is 6.34. The second-order valence-electron chi connectivity index (χ2n) is 4.38. The zero-order valence-corrected chi connectivity index (χ0v) is 10.9. The highest BCUT2D eigenvalue weighted by atomic mass is 32.2. The van der Waals surface area contributed by atoms with E-state index in [1.807, 2.05) is 5.41 Å². The minimum Gasteiger partial charge on any atom is -0.349 e. The molecule has 0 aromatic heterocycles. The number of hydrogen-bond donors (Lipinski definition) is 3. The molecule has 0 amide bonds. The van der Waals surface area contributed by atoms with E-state index in [1.165, 1.54) is 17.1 Å². The zero-order chi connectivity index (χ0) is 13.4. The van der Waals surface area contributed by atoms with Gasteiger partial charge in [0.1, 0.15) is 11.7 Å². The highest BCUT2D eigenvalue weighted by Gasteiger charge is 2.26. The zero-order valence-electron chi connectivity index (χ0n) is 10.1. The molecular weight excluding hydrogens is 263 g/mol. The standard InChI is InChI=1S/C13H13FN4S/c14-9-3-1-8(2-4-9)11-7-19-13(17-11)10-5-6-18(16)12(10)15/h1-4,7,15,17H,5-6,16H2/b13-10-,15-12?. The third kappa shape index (κ3) is 2.24. The first-order valence-electron chi connectivity index (χ1n) is 5.89. The van der Waals surface area contributed by atoms with Crippen LogP contribution in [0.2, 0.25) is 0 Å². The van der Waals surface area contributed by atoms with Crippen LogP contribution in [0.3, 0.4) is 0 Å². The van der Waals surface area contributed by atoms with Gasteiger partial charge < -0.3 is 5.32 Å². The van der Waals surface area contributed by atoms with Crippen LogP contribution in [-0.2, 0) is 0 Å². The summed E-state index contributed by atoms with van der Waals surface area (Å²) in [7, 11) is 0. The largest absolute Gasteiger partial charge is 0.349 e. The van der Waals surface area contributed by atoms with Crippen molar-refractivity contribution in [2.24, 2.45) is 5.84 Å². The summed E-state index contributed by atoms with van der Waals surface area (Å²) in [6.07, 6.45) is 0.773. The molecule has 1 aromatic rings. The van der Waals surface area contributed by atoms with Crippen molar-refractivity contribution in [3.63, 3.8) is 0 Å². The lowest BCUT2D eigenvalue weighted by atomic mass is 10.1. The van der Waals surface area contributed by atoms with Crippen LogP contribution in [0, 0.1) is 11.2 Å². The summed E-state index contributed by atoms with van der Waals surface area (Å²) >= 11 is 1.54. The molecule has 3 rings (SSSR count). The number of amidine groups is 1. The van der Waals surface area contributed by atoms with Gasteiger partial charge in [-0.1, -0.05) is 11.8 Å². The van der Waals surface area contributed by atoms with Crippen LogP contribution in [0.1, 0.15) is 12.0 Å². The molecule has 0 spiro atoms. The fourth-order valence-electron chi connectivity index (χ4n) is 2.07. The van der Waals surface area contributed by atoms with E-state index in [2.05, 4.69) is 5.32 Å². The van der Waals surface area contributed by atoms with E-state index in [0.29, 0.717) is 12.4 Å². The van der Waals surface area contributed by atoms with Crippen LogP contribution < -0.4 is 11.2 Å². The molecule has 0 bridgehead atoms. The maximum atomic E-state index is 12.9. The maximum Gasteiger partial charge on any atom is 0.140 e. The molecule has 0 aliphatic carbocycles. The number of hydrazine groups is 1. The van der Waals surface area contributed by atoms with Crippen molar-refractivity contribution in [3.05, 3.63) is 51.7 Å². The van der Waals surface area contributed by atoms with Gasteiger partial charge in [-0.15, -0.1) is 0 Å². The molecule has 2 heterocycles. The number of benzene rings is 1. The first-order valence-corrected chi connectivity index (χ1v) is 6.77. The summed E-state index contributed by atoms with van der Waals surface area (Å²) < 4.78 is 12.9. The quantitative estimate of drug-likeness (QED) is 0.688. The van der Waals surface area contributed by atoms with Gasteiger partial charge >= 0.3 is 0 Å². The minimum absolute atomic E-state index is 0.245. The molecule has 0 atom stereocenters. The number of nitrogens with one attached hydrogen (secondary N) is 2. The molecule has 0 saturated carbocycles. The van der Waals surface area contributed by atoms with E-state index in [0.717, 1.165) is 28.3 Å². The summed E-state index contributed by atoms with van der Waals surface area (Å²) in [5.74, 6) is 5.80. The highest BCUT2D eigenvalue weighted by Crippen LogP contribution is 2.34. The Hall–Kier alpha value is -1.79. The van der Waals surface area contributed by atoms with Crippen molar-refractivity contribution in [2.45, 2.75) is 6.42 Å². The Bertz CT molecular complexity index is 591. The summed E-state index contributed by atoms with van der Waals surface area (Å²) in [6.45, 7) is 0.672. The summed E-state index contributed by atoms with van der Waals surface area (Å²) in [4.78, 5) is 0. The monoisotopic (exact) mass is 276 g/mol. The number of rotatable bonds is 1. The third-order valence-corrected chi connectivity index (χ3v) is 4.09. The first kappa shape index (κ1) is 12.3. The Kier molecular flexibility index (Phi) is 3.04. The van der Waals surface area contributed by atoms with Crippen LogP contribution >= 0.6 is 11.8 Å². The SMILES string of the molecule is N=C1/C(=C2/NC(c3ccc(F)cc3)=CS2)CCN1N. The molecule has 0 radical (unpaired) electrons. The van der Waals surface area contributed by atoms with Crippen LogP contribution in [0.5, 0.6) is 0 Å². The Balaban J connectivity index is 1.82. The lowest BCUT2D eigenvalue weighted by Gasteiger charge is -2.10. The highest BCUT2D eigenvalue weighted by molar-refractivity contribution is 8.06. The van der Waals surface area contributed by atoms with Crippen molar-refractivity contribution in [2.75, 3.05) is 6.54 Å². The van der Waals surface area contributed by atoms with Crippen LogP contribution in [0.15, 0.2) is 40.3 Å². The first-order chi connectivity index (χ1) is 9.15. The Morgan fingerprint density at radius 3 is 2.68 bits per heavy atom. The number of nitrogens with zero attached hydrogens (tertiary/aromatic N) is 1. The van der Waals surface area contributed by atoms with Gasteiger partial charge in [-0.2, -0.15) is 0 Å². The molecule has 1 saturated heterocycles. The normalized spacial score (nSPS) is 22.7. The Morgan fingerprint density at radius 2 is 2.05 bits per heavy atom. The van der Waals surface area contributed by atoms with E-state index in [-0.39, 0.29) is 5.82 Å². The third-order valence-electron chi connectivity index (χ3n) is 3.15. The van der Waals surface area contributed by atoms with Crippen LogP contribution in [0.4, 0.5) is 4.39 Å². The molecule has 0 unspecified atom stereocenters. The number of thioether (sulfide) groups is 1. The number of halogens is 1. The van der Waals surface area contributed by atoms with E-state index in [1.54, 1.807) is 23.9 Å². The van der Waals surface area contributed by atoms with Crippen LogP contribution in [-0.4, -0.2) is 17.4 Å². The number of hydrogen-bond acceptors (Lipinski definition) is 4. The van der Waals surface area contributed by atoms with Crippen molar-refractivity contribution < 1.29 is 4.39 Å². The maximum absolute atomic E-state index is 12.9. The van der Waals surface area contributed by atoms with Gasteiger partial charge in [-0.3, -0.25) is 10.4 Å². The van der Waals surface area contributed by atoms with Gasteiger partial charge in [0.25, 0.3) is 0 Å². The van der Waals surface area contributed by atoms with Crippen molar-refractivity contribution in [3.8, 4) is 0 Å². The second-order valence-corrected chi connectivity index (χ2v) is 5.26. The van der Waals surface area contributed by atoms with Gasteiger partial charge in [0.2, 0.25) is 0 Å². The fourth-order valence-corrected chi connectivity index (χ4v) is 3.01. The smallest absolute Gasteiger partial charge is 0.140 e. The molecule has 98 valence electrons. The molecule has 1 aromatic carbocycles. The topological polar surface area (TPSA) is 65.1 Å².